The molecule has 2 aliphatic rings. The lowest BCUT2D eigenvalue weighted by Crippen LogP contribution is -2.41. The Morgan fingerprint density at radius 1 is 1.38 bits per heavy atom. The summed E-state index contributed by atoms with van der Waals surface area (Å²) in [4.78, 5) is 0. The van der Waals surface area contributed by atoms with E-state index in [1.54, 1.807) is 0 Å². The van der Waals surface area contributed by atoms with Crippen LogP contribution < -0.4 is 0 Å². The summed E-state index contributed by atoms with van der Waals surface area (Å²) in [5.74, 6) is 0.567. The van der Waals surface area contributed by atoms with Gasteiger partial charge in [-0.1, -0.05) is 36.4 Å². The van der Waals surface area contributed by atoms with Gasteiger partial charge in [-0.3, -0.25) is 0 Å². The quantitative estimate of drug-likeness (QED) is 0.537. The SMILES string of the molecule is CC1(C)C[C@H]2C(I)CCC[C@@]2(O)C1. The largest absolute Gasteiger partial charge is 0.390 e. The third-order valence-electron chi connectivity index (χ3n) is 3.77. The fraction of sp³-hybridized carbons (Fsp3) is 1.00. The van der Waals surface area contributed by atoms with E-state index in [9.17, 15) is 5.11 Å². The molecule has 2 aliphatic carbocycles. The first-order valence-corrected chi connectivity index (χ1v) is 6.54. The third-order valence-corrected chi connectivity index (χ3v) is 5.26. The fourth-order valence-corrected chi connectivity index (χ4v) is 4.72. The third kappa shape index (κ3) is 1.76. The summed E-state index contributed by atoms with van der Waals surface area (Å²) in [7, 11) is 0. The molecule has 2 rings (SSSR count). The molecule has 0 heterocycles. The van der Waals surface area contributed by atoms with E-state index in [0.29, 0.717) is 15.3 Å². The van der Waals surface area contributed by atoms with Gasteiger partial charge in [-0.25, -0.2) is 0 Å². The summed E-state index contributed by atoms with van der Waals surface area (Å²) in [6, 6.07) is 0. The van der Waals surface area contributed by atoms with Crippen molar-refractivity contribution in [1.29, 1.82) is 0 Å². The van der Waals surface area contributed by atoms with Crippen molar-refractivity contribution in [1.82, 2.24) is 0 Å². The lowest BCUT2D eigenvalue weighted by molar-refractivity contribution is -0.0254. The summed E-state index contributed by atoms with van der Waals surface area (Å²) >= 11 is 2.54. The van der Waals surface area contributed by atoms with Crippen LogP contribution in [0.2, 0.25) is 0 Å². The first kappa shape index (κ1) is 10.2. The topological polar surface area (TPSA) is 20.2 Å². The lowest BCUT2D eigenvalue weighted by atomic mass is 9.78. The standard InChI is InChI=1S/C11H19IO/c1-10(2)6-8-9(12)4-3-5-11(8,13)7-10/h8-9,13H,3-7H2,1-2H3/t8-,9?,11+/m0/s1. The Bertz CT molecular complexity index is 214. The highest BCUT2D eigenvalue weighted by molar-refractivity contribution is 14.1. The summed E-state index contributed by atoms with van der Waals surface area (Å²) in [5, 5.41) is 10.5. The summed E-state index contributed by atoms with van der Waals surface area (Å²) < 4.78 is 0.707. The van der Waals surface area contributed by atoms with Crippen molar-refractivity contribution in [2.75, 3.05) is 0 Å². The molecule has 0 aromatic carbocycles. The fourth-order valence-electron chi connectivity index (χ4n) is 3.36. The van der Waals surface area contributed by atoms with Crippen LogP contribution in [0.5, 0.6) is 0 Å². The van der Waals surface area contributed by atoms with Crippen molar-refractivity contribution in [2.45, 2.75) is 55.5 Å². The van der Waals surface area contributed by atoms with Gasteiger partial charge in [0.15, 0.2) is 0 Å². The minimum absolute atomic E-state index is 0.312. The van der Waals surface area contributed by atoms with E-state index in [1.807, 2.05) is 0 Å². The van der Waals surface area contributed by atoms with E-state index in [0.717, 1.165) is 12.8 Å². The van der Waals surface area contributed by atoms with Gasteiger partial charge < -0.3 is 5.11 Å². The smallest absolute Gasteiger partial charge is 0.0691 e. The minimum atomic E-state index is -0.312. The maximum absolute atomic E-state index is 10.5. The molecule has 0 spiro atoms. The van der Waals surface area contributed by atoms with Crippen molar-refractivity contribution >= 4 is 22.6 Å². The summed E-state index contributed by atoms with van der Waals surface area (Å²) in [5.41, 5.74) is 0.0563. The second kappa shape index (κ2) is 3.09. The second-order valence-electron chi connectivity index (χ2n) is 5.66. The Morgan fingerprint density at radius 3 is 2.69 bits per heavy atom. The maximum atomic E-state index is 10.5. The van der Waals surface area contributed by atoms with Crippen LogP contribution in [-0.2, 0) is 0 Å². The van der Waals surface area contributed by atoms with Gasteiger partial charge in [-0.15, -0.1) is 0 Å². The lowest BCUT2D eigenvalue weighted by Gasteiger charge is -2.38. The molecule has 0 bridgehead atoms. The molecule has 2 fully saturated rings. The number of halogens is 1. The summed E-state index contributed by atoms with van der Waals surface area (Å²) in [6.07, 6.45) is 5.81. The number of hydrogen-bond donors (Lipinski definition) is 1. The van der Waals surface area contributed by atoms with Crippen LogP contribution in [0.4, 0.5) is 0 Å². The number of alkyl halides is 1. The van der Waals surface area contributed by atoms with E-state index in [-0.39, 0.29) is 5.60 Å². The van der Waals surface area contributed by atoms with Crippen LogP contribution in [0.25, 0.3) is 0 Å². The van der Waals surface area contributed by atoms with Gasteiger partial charge in [-0.2, -0.15) is 0 Å². The minimum Gasteiger partial charge on any atom is -0.390 e. The summed E-state index contributed by atoms with van der Waals surface area (Å²) in [6.45, 7) is 4.60. The molecular formula is C11H19IO. The van der Waals surface area contributed by atoms with Crippen LogP contribution in [0, 0.1) is 11.3 Å². The molecule has 0 aromatic heterocycles. The van der Waals surface area contributed by atoms with Gasteiger partial charge in [-0.05, 0) is 43.4 Å². The van der Waals surface area contributed by atoms with E-state index < -0.39 is 0 Å². The van der Waals surface area contributed by atoms with Crippen LogP contribution in [0.3, 0.4) is 0 Å². The molecule has 3 atom stereocenters. The molecule has 1 unspecified atom stereocenters. The van der Waals surface area contributed by atoms with Crippen molar-refractivity contribution < 1.29 is 5.11 Å². The zero-order valence-electron chi connectivity index (χ0n) is 8.52. The highest BCUT2D eigenvalue weighted by Gasteiger charge is 2.53. The van der Waals surface area contributed by atoms with Gasteiger partial charge in [0, 0.05) is 3.92 Å². The molecular weight excluding hydrogens is 275 g/mol. The van der Waals surface area contributed by atoms with Crippen molar-refractivity contribution in [3.05, 3.63) is 0 Å². The predicted molar refractivity (Wildman–Crippen MR) is 63.1 cm³/mol. The maximum Gasteiger partial charge on any atom is 0.0691 e. The molecule has 13 heavy (non-hydrogen) atoms. The molecule has 0 amide bonds. The van der Waals surface area contributed by atoms with Crippen molar-refractivity contribution in [3.63, 3.8) is 0 Å². The van der Waals surface area contributed by atoms with Crippen LogP contribution in [0.1, 0.15) is 46.0 Å². The first-order valence-electron chi connectivity index (χ1n) is 5.29. The van der Waals surface area contributed by atoms with Crippen LogP contribution in [0.15, 0.2) is 0 Å². The Labute approximate surface area is 94.4 Å². The van der Waals surface area contributed by atoms with Crippen LogP contribution in [-0.4, -0.2) is 14.6 Å². The average Bonchev–Trinajstić information content (AvgIpc) is 2.20. The van der Waals surface area contributed by atoms with Gasteiger partial charge in [0.1, 0.15) is 0 Å². The predicted octanol–water partition coefficient (Wildman–Crippen LogP) is 3.14. The molecule has 0 radical (unpaired) electrons. The number of rotatable bonds is 0. The highest BCUT2D eigenvalue weighted by atomic mass is 127. The Kier molecular flexibility index (Phi) is 2.43. The highest BCUT2D eigenvalue weighted by Crippen LogP contribution is 2.55. The zero-order valence-corrected chi connectivity index (χ0v) is 10.7. The molecule has 0 aromatic rings. The van der Waals surface area contributed by atoms with Crippen molar-refractivity contribution in [2.24, 2.45) is 11.3 Å². The molecule has 2 heteroatoms. The molecule has 76 valence electrons. The van der Waals surface area contributed by atoms with Crippen LogP contribution >= 0.6 is 22.6 Å². The normalized spacial score (nSPS) is 48.9. The number of aliphatic hydroxyl groups is 1. The average molecular weight is 294 g/mol. The Balaban J connectivity index is 2.22. The van der Waals surface area contributed by atoms with Gasteiger partial charge >= 0.3 is 0 Å². The molecule has 0 saturated heterocycles. The zero-order chi connectivity index (χ0) is 9.69. The molecule has 1 nitrogen and oxygen atoms in total. The number of fused-ring (bicyclic) bond motifs is 1. The van der Waals surface area contributed by atoms with Crippen molar-refractivity contribution in [3.8, 4) is 0 Å². The molecule has 1 N–H and O–H groups in total. The van der Waals surface area contributed by atoms with E-state index in [1.165, 1.54) is 19.3 Å². The molecule has 0 aliphatic heterocycles. The monoisotopic (exact) mass is 294 g/mol. The van der Waals surface area contributed by atoms with E-state index in [4.69, 9.17) is 0 Å². The second-order valence-corrected chi connectivity index (χ2v) is 7.26. The Hall–Kier alpha value is 0.690. The molecule has 2 saturated carbocycles. The van der Waals surface area contributed by atoms with E-state index >= 15 is 0 Å². The van der Waals surface area contributed by atoms with Gasteiger partial charge in [0.05, 0.1) is 5.60 Å². The van der Waals surface area contributed by atoms with Gasteiger partial charge in [0.25, 0.3) is 0 Å². The van der Waals surface area contributed by atoms with E-state index in [2.05, 4.69) is 36.4 Å². The Morgan fingerprint density at radius 2 is 2.08 bits per heavy atom. The van der Waals surface area contributed by atoms with Gasteiger partial charge in [0.2, 0.25) is 0 Å². The first-order chi connectivity index (χ1) is 5.93. The number of hydrogen-bond acceptors (Lipinski definition) is 1.